The number of hydrogen-bond acceptors (Lipinski definition) is 7. The first-order chi connectivity index (χ1) is 17.1. The molecule has 1 heterocycles. The van der Waals surface area contributed by atoms with Gasteiger partial charge >= 0.3 is 6.09 Å². The van der Waals surface area contributed by atoms with Crippen LogP contribution in [0.3, 0.4) is 0 Å². The average molecular weight is 503 g/mol. The van der Waals surface area contributed by atoms with E-state index < -0.39 is 41.2 Å². The number of Topliss-reactive ketones (excluding diaryl/α,β-unsaturated/α-hetero) is 2. The van der Waals surface area contributed by atoms with Crippen molar-refractivity contribution in [2.24, 2.45) is 22.2 Å². The maximum absolute atomic E-state index is 13.5. The molecule has 0 saturated carbocycles. The number of carbonyl (C=O) groups excluding carboxylic acids is 4. The molecular formula is C25H38N6O5. The molecule has 7 N–H and O–H groups in total. The third-order valence-corrected chi connectivity index (χ3v) is 6.37. The number of ketones is 2. The minimum Gasteiger partial charge on any atom is -0.450 e. The van der Waals surface area contributed by atoms with Gasteiger partial charge in [-0.15, -0.1) is 0 Å². The van der Waals surface area contributed by atoms with Gasteiger partial charge in [-0.2, -0.15) is 0 Å². The number of nitrogens with two attached hydrogens (primary N) is 3. The molecule has 1 saturated heterocycles. The second kappa shape index (κ2) is 13.6. The Morgan fingerprint density at radius 2 is 1.89 bits per heavy atom. The van der Waals surface area contributed by atoms with E-state index in [4.69, 9.17) is 21.9 Å². The van der Waals surface area contributed by atoms with Gasteiger partial charge in [0.05, 0.1) is 18.2 Å². The summed E-state index contributed by atoms with van der Waals surface area (Å²) < 4.78 is 4.97. The molecule has 11 nitrogen and oxygen atoms in total. The number of ether oxygens (including phenoxy) is 1. The van der Waals surface area contributed by atoms with Crippen molar-refractivity contribution in [2.45, 2.75) is 70.0 Å². The molecule has 198 valence electrons. The number of nitrogens with one attached hydrogen (secondary N) is 1. The van der Waals surface area contributed by atoms with E-state index in [9.17, 15) is 19.2 Å². The molecule has 0 bridgehead atoms. The Hall–Kier alpha value is -3.47. The van der Waals surface area contributed by atoms with Crippen molar-refractivity contribution in [3.63, 3.8) is 0 Å². The lowest BCUT2D eigenvalue weighted by Gasteiger charge is -2.31. The van der Waals surface area contributed by atoms with Gasteiger partial charge in [-0.05, 0) is 44.6 Å². The number of aliphatic imine (C=N–C) groups is 1. The van der Waals surface area contributed by atoms with Gasteiger partial charge in [0.15, 0.2) is 5.96 Å². The molecule has 0 spiro atoms. The highest BCUT2D eigenvalue weighted by Gasteiger charge is 2.45. The van der Waals surface area contributed by atoms with Crippen LogP contribution in [0.25, 0.3) is 0 Å². The second-order valence-electron chi connectivity index (χ2n) is 8.91. The summed E-state index contributed by atoms with van der Waals surface area (Å²) in [4.78, 5) is 57.5. The lowest BCUT2D eigenvalue weighted by molar-refractivity contribution is -0.146. The average Bonchev–Trinajstić information content (AvgIpc) is 3.35. The molecule has 1 fully saturated rings. The van der Waals surface area contributed by atoms with Gasteiger partial charge in [0.2, 0.25) is 17.5 Å². The van der Waals surface area contributed by atoms with E-state index in [0.717, 1.165) is 5.56 Å². The first-order valence-corrected chi connectivity index (χ1v) is 12.3. The van der Waals surface area contributed by atoms with E-state index in [1.54, 1.807) is 13.8 Å². The molecule has 0 unspecified atom stereocenters. The topological polar surface area (TPSA) is 183 Å². The zero-order chi connectivity index (χ0) is 26.7. The monoisotopic (exact) mass is 502 g/mol. The zero-order valence-electron chi connectivity index (χ0n) is 21.1. The van der Waals surface area contributed by atoms with Crippen LogP contribution in [0.4, 0.5) is 4.79 Å². The number of likely N-dealkylation sites (tertiary alicyclic amines) is 1. The Kier molecular flexibility index (Phi) is 10.8. The summed E-state index contributed by atoms with van der Waals surface area (Å²) in [5, 5.41) is 2.61. The van der Waals surface area contributed by atoms with Crippen LogP contribution in [0, 0.1) is 0 Å². The predicted octanol–water partition coefficient (Wildman–Crippen LogP) is 0.634. The predicted molar refractivity (Wildman–Crippen MR) is 136 cm³/mol. The van der Waals surface area contributed by atoms with E-state index in [2.05, 4.69) is 10.3 Å². The molecule has 0 aliphatic carbocycles. The van der Waals surface area contributed by atoms with E-state index in [-0.39, 0.29) is 38.4 Å². The van der Waals surface area contributed by atoms with Gasteiger partial charge in [-0.3, -0.25) is 19.4 Å². The Balaban J connectivity index is 2.19. The molecule has 1 aliphatic rings. The van der Waals surface area contributed by atoms with Crippen molar-refractivity contribution in [3.8, 4) is 0 Å². The third kappa shape index (κ3) is 7.77. The lowest BCUT2D eigenvalue weighted by atomic mass is 9.83. The highest BCUT2D eigenvalue weighted by Crippen LogP contribution is 2.24. The first-order valence-electron chi connectivity index (χ1n) is 12.3. The Bertz CT molecular complexity index is 950. The van der Waals surface area contributed by atoms with Gasteiger partial charge in [0, 0.05) is 19.5 Å². The molecular weight excluding hydrogens is 464 g/mol. The van der Waals surface area contributed by atoms with Crippen LogP contribution >= 0.6 is 0 Å². The Labute approximate surface area is 211 Å². The molecule has 1 aromatic carbocycles. The highest BCUT2D eigenvalue weighted by molar-refractivity contribution is 6.42. The smallest absolute Gasteiger partial charge is 0.407 e. The zero-order valence-corrected chi connectivity index (χ0v) is 21.1. The molecule has 11 heteroatoms. The normalized spacial score (nSPS) is 17.5. The molecule has 0 aromatic heterocycles. The van der Waals surface area contributed by atoms with Crippen molar-refractivity contribution < 1.29 is 23.9 Å². The molecule has 1 aliphatic heterocycles. The summed E-state index contributed by atoms with van der Waals surface area (Å²) in [6, 6.07) is 7.32. The maximum Gasteiger partial charge on any atom is 0.407 e. The second-order valence-corrected chi connectivity index (χ2v) is 8.91. The summed E-state index contributed by atoms with van der Waals surface area (Å²) in [6.45, 7) is 4.14. The summed E-state index contributed by atoms with van der Waals surface area (Å²) >= 11 is 0. The summed E-state index contributed by atoms with van der Waals surface area (Å²) in [5.41, 5.74) is 16.5. The molecule has 36 heavy (non-hydrogen) atoms. The summed E-state index contributed by atoms with van der Waals surface area (Å²) in [5.74, 6) is -1.90. The van der Waals surface area contributed by atoms with E-state index in [1.165, 1.54) is 4.90 Å². The van der Waals surface area contributed by atoms with Crippen LogP contribution in [0.1, 0.15) is 51.5 Å². The number of benzene rings is 1. The largest absolute Gasteiger partial charge is 0.450 e. The van der Waals surface area contributed by atoms with Crippen LogP contribution in [0.15, 0.2) is 35.3 Å². The number of guanidine groups is 1. The number of alkyl carbamates (subject to hydrolysis) is 1. The van der Waals surface area contributed by atoms with Gasteiger partial charge < -0.3 is 32.2 Å². The van der Waals surface area contributed by atoms with Gasteiger partial charge in [0.25, 0.3) is 0 Å². The summed E-state index contributed by atoms with van der Waals surface area (Å²) in [7, 11) is 0. The molecule has 2 rings (SSSR count). The third-order valence-electron chi connectivity index (χ3n) is 6.37. The Morgan fingerprint density at radius 3 is 2.50 bits per heavy atom. The fraction of sp³-hybridized carbons (Fsp3) is 0.560. The van der Waals surface area contributed by atoms with Crippen molar-refractivity contribution in [3.05, 3.63) is 35.9 Å². The van der Waals surface area contributed by atoms with E-state index in [0.29, 0.717) is 25.8 Å². The fourth-order valence-electron chi connectivity index (χ4n) is 4.32. The summed E-state index contributed by atoms with van der Waals surface area (Å²) in [6.07, 6.45) is 1.30. The van der Waals surface area contributed by atoms with Crippen LogP contribution in [-0.2, 0) is 25.5 Å². The maximum atomic E-state index is 13.5. The van der Waals surface area contributed by atoms with Gasteiger partial charge in [0.1, 0.15) is 6.04 Å². The van der Waals surface area contributed by atoms with Crippen molar-refractivity contribution in [1.29, 1.82) is 0 Å². The van der Waals surface area contributed by atoms with Crippen molar-refractivity contribution in [1.82, 2.24) is 10.2 Å². The van der Waals surface area contributed by atoms with Gasteiger partial charge in [-0.25, -0.2) is 4.79 Å². The Morgan fingerprint density at radius 1 is 1.19 bits per heavy atom. The van der Waals surface area contributed by atoms with Crippen LogP contribution in [0.5, 0.6) is 0 Å². The number of nitrogens with zero attached hydrogens (tertiary/aromatic N) is 2. The quantitative estimate of drug-likeness (QED) is 0.131. The van der Waals surface area contributed by atoms with Crippen LogP contribution < -0.4 is 22.5 Å². The first kappa shape index (κ1) is 28.8. The SMILES string of the molecule is CCOC(=O)N[C@H](Cc1ccccc1)C(=O)N1CCC[C@H]1C(=O)C(=O)[C@](N)(CC)CCCN=C(N)N. The van der Waals surface area contributed by atoms with Crippen molar-refractivity contribution in [2.75, 3.05) is 19.7 Å². The fourth-order valence-corrected chi connectivity index (χ4v) is 4.32. The minimum absolute atomic E-state index is 0.0573. The van der Waals surface area contributed by atoms with E-state index in [1.807, 2.05) is 30.3 Å². The molecule has 1 aromatic rings. The lowest BCUT2D eigenvalue weighted by Crippen LogP contribution is -2.57. The highest BCUT2D eigenvalue weighted by atomic mass is 16.5. The van der Waals surface area contributed by atoms with Crippen LogP contribution in [-0.4, -0.2) is 71.7 Å². The standard InChI is InChI=1S/C25H38N6O5/c1-3-25(28,13-9-14-29-23(26)27)21(33)20(32)19-12-8-15-31(19)22(34)18(30-24(35)36-4-2)16-17-10-6-5-7-11-17/h5-7,10-11,18-19H,3-4,8-9,12-16,28H2,1-2H3,(H,30,35)(H4,26,27,29)/t18-,19+,25+/m1/s1. The van der Waals surface area contributed by atoms with Gasteiger partial charge in [-0.1, -0.05) is 37.3 Å². The van der Waals surface area contributed by atoms with Crippen LogP contribution in [0.2, 0.25) is 0 Å². The number of rotatable bonds is 13. The van der Waals surface area contributed by atoms with E-state index >= 15 is 0 Å². The molecule has 2 amide bonds. The molecule has 3 atom stereocenters. The number of carbonyl (C=O) groups is 4. The number of amides is 2. The number of hydrogen-bond donors (Lipinski definition) is 4. The minimum atomic E-state index is -1.38. The molecule has 0 radical (unpaired) electrons. The van der Waals surface area contributed by atoms with Crippen molar-refractivity contribution >= 4 is 29.5 Å².